The van der Waals surface area contributed by atoms with Crippen molar-refractivity contribution >= 4 is 38.3 Å². The molecule has 178 valence electrons. The lowest BCUT2D eigenvalue weighted by Crippen LogP contribution is -2.14. The summed E-state index contributed by atoms with van der Waals surface area (Å²) in [7, 11) is 0. The molecule has 0 saturated heterocycles. The maximum absolute atomic E-state index is 14.2. The van der Waals surface area contributed by atoms with Crippen LogP contribution in [0.15, 0.2) is 59.7 Å². The first kappa shape index (κ1) is 26.9. The van der Waals surface area contributed by atoms with Gasteiger partial charge in [0, 0.05) is 10.4 Å². The summed E-state index contributed by atoms with van der Waals surface area (Å²) in [4.78, 5) is 16.3. The maximum atomic E-state index is 14.2. The van der Waals surface area contributed by atoms with E-state index in [1.165, 1.54) is 26.0 Å². The number of carbonyl (C=O) groups is 1. The number of hydrogen-bond acceptors (Lipinski definition) is 4. The van der Waals surface area contributed by atoms with Gasteiger partial charge in [-0.2, -0.15) is 13.2 Å². The van der Waals surface area contributed by atoms with Gasteiger partial charge in [-0.1, -0.05) is 45.5 Å². The van der Waals surface area contributed by atoms with Crippen molar-refractivity contribution in [3.8, 4) is 10.4 Å². The summed E-state index contributed by atoms with van der Waals surface area (Å²) in [6.07, 6.45) is -2.73. The molecule has 0 bridgehead atoms. The Morgan fingerprint density at radius 1 is 1.27 bits per heavy atom. The first-order valence-electron chi connectivity index (χ1n) is 9.50. The van der Waals surface area contributed by atoms with Crippen molar-refractivity contribution in [2.75, 3.05) is 5.32 Å². The van der Waals surface area contributed by atoms with Crippen LogP contribution in [0.2, 0.25) is 0 Å². The Bertz CT molecular complexity index is 1100. The second kappa shape index (κ2) is 11.2. The van der Waals surface area contributed by atoms with Crippen molar-refractivity contribution in [1.82, 2.24) is 4.98 Å². The van der Waals surface area contributed by atoms with E-state index in [0.717, 1.165) is 41.7 Å². The zero-order chi connectivity index (χ0) is 24.9. The largest absolute Gasteiger partial charge is 0.416 e. The Balaban J connectivity index is 2.44. The van der Waals surface area contributed by atoms with Gasteiger partial charge in [0.25, 0.3) is 5.91 Å². The lowest BCUT2D eigenvalue weighted by Gasteiger charge is -2.13. The molecular formula is C22H20BrF5N2O2S. The molecule has 2 N–H and O–H groups in total. The minimum atomic E-state index is -4.57. The number of aliphatic hydroxyl groups excluding tert-OH is 1. The maximum Gasteiger partial charge on any atom is 0.416 e. The van der Waals surface area contributed by atoms with Gasteiger partial charge in [0.05, 0.1) is 22.0 Å². The number of aromatic nitrogens is 1. The zero-order valence-electron chi connectivity index (χ0n) is 17.7. The molecular weight excluding hydrogens is 531 g/mol. The Morgan fingerprint density at radius 3 is 2.52 bits per heavy atom. The SMILES string of the molecule is C\C(C(=O)Nc1nc(C(O)C(C)Br)c(-c2cccc(C(F)(F)F)c2)s1)=C(F)/C=C\C=C(/C)F. The fraction of sp³-hybridized carbons (Fsp3) is 0.273. The number of halogens is 6. The van der Waals surface area contributed by atoms with Crippen LogP contribution in [0.25, 0.3) is 10.4 Å². The summed E-state index contributed by atoms with van der Waals surface area (Å²) in [6, 6.07) is 4.50. The van der Waals surface area contributed by atoms with Crippen molar-refractivity contribution < 1.29 is 31.9 Å². The molecule has 1 heterocycles. The summed E-state index contributed by atoms with van der Waals surface area (Å²) in [5, 5.41) is 12.9. The van der Waals surface area contributed by atoms with Gasteiger partial charge in [0.15, 0.2) is 5.13 Å². The number of benzene rings is 1. The summed E-state index contributed by atoms with van der Waals surface area (Å²) in [5.74, 6) is -2.30. The van der Waals surface area contributed by atoms with Crippen LogP contribution in [0.4, 0.5) is 27.1 Å². The number of aliphatic hydroxyl groups is 1. The van der Waals surface area contributed by atoms with E-state index in [0.29, 0.717) is 0 Å². The van der Waals surface area contributed by atoms with E-state index in [1.54, 1.807) is 6.92 Å². The van der Waals surface area contributed by atoms with Crippen molar-refractivity contribution in [3.63, 3.8) is 0 Å². The van der Waals surface area contributed by atoms with Gasteiger partial charge in [0.1, 0.15) is 11.9 Å². The number of hydrogen-bond donors (Lipinski definition) is 2. The Hall–Kier alpha value is -2.37. The van der Waals surface area contributed by atoms with Crippen LogP contribution in [0.5, 0.6) is 0 Å². The second-order valence-corrected chi connectivity index (χ2v) is 9.42. The highest BCUT2D eigenvalue weighted by molar-refractivity contribution is 9.09. The highest BCUT2D eigenvalue weighted by Gasteiger charge is 2.31. The molecule has 1 aromatic carbocycles. The van der Waals surface area contributed by atoms with Crippen molar-refractivity contribution in [1.29, 1.82) is 0 Å². The molecule has 0 radical (unpaired) electrons. The third-order valence-electron chi connectivity index (χ3n) is 4.31. The summed E-state index contributed by atoms with van der Waals surface area (Å²) in [5.41, 5.74) is -0.983. The molecule has 2 unspecified atom stereocenters. The van der Waals surface area contributed by atoms with E-state index in [9.17, 15) is 31.9 Å². The molecule has 2 rings (SSSR count). The Labute approximate surface area is 199 Å². The minimum Gasteiger partial charge on any atom is -0.386 e. The van der Waals surface area contributed by atoms with E-state index in [4.69, 9.17) is 0 Å². The molecule has 0 aliphatic heterocycles. The number of nitrogens with zero attached hydrogens (tertiary/aromatic N) is 1. The molecule has 0 fully saturated rings. The van der Waals surface area contributed by atoms with Crippen molar-refractivity contribution in [2.45, 2.75) is 37.9 Å². The highest BCUT2D eigenvalue weighted by Crippen LogP contribution is 2.40. The van der Waals surface area contributed by atoms with E-state index in [-0.39, 0.29) is 26.8 Å². The molecule has 0 spiro atoms. The summed E-state index contributed by atoms with van der Waals surface area (Å²) in [6.45, 7) is 4.01. The monoisotopic (exact) mass is 550 g/mol. The fourth-order valence-electron chi connectivity index (χ4n) is 2.54. The number of nitrogens with one attached hydrogen (secondary N) is 1. The number of thiazole rings is 1. The molecule has 33 heavy (non-hydrogen) atoms. The number of carbonyl (C=O) groups excluding carboxylic acids is 1. The molecule has 0 aliphatic rings. The number of anilines is 1. The van der Waals surface area contributed by atoms with Crippen molar-refractivity contribution in [3.05, 3.63) is 71.0 Å². The van der Waals surface area contributed by atoms with Crippen LogP contribution in [0.1, 0.15) is 38.1 Å². The number of amides is 1. The normalized spacial score (nSPS) is 15.4. The van der Waals surface area contributed by atoms with Gasteiger partial charge in [-0.05, 0) is 50.6 Å². The standard InChI is InChI=1S/C22H20BrF5N2O2S/c1-11(24)6-4-9-16(25)12(2)20(32)30-21-29-17(18(31)13(3)23)19(33-21)14-7-5-8-15(10-14)22(26,27)28/h4-10,13,18,31H,1-3H3,(H,29,30,32)/b9-4-,11-6+,16-12-. The molecule has 0 aliphatic carbocycles. The van der Waals surface area contributed by atoms with Gasteiger partial charge in [-0.25, -0.2) is 13.8 Å². The first-order valence-corrected chi connectivity index (χ1v) is 11.2. The zero-order valence-corrected chi connectivity index (χ0v) is 20.1. The molecule has 11 heteroatoms. The molecule has 1 amide bonds. The average Bonchev–Trinajstić information content (AvgIpc) is 3.15. The van der Waals surface area contributed by atoms with Crippen LogP contribution in [0.3, 0.4) is 0 Å². The number of allylic oxidation sites excluding steroid dienone is 5. The summed E-state index contributed by atoms with van der Waals surface area (Å²) >= 11 is 4.06. The van der Waals surface area contributed by atoms with Crippen LogP contribution in [-0.2, 0) is 11.0 Å². The lowest BCUT2D eigenvalue weighted by atomic mass is 10.1. The second-order valence-electron chi connectivity index (χ2n) is 6.97. The quantitative estimate of drug-likeness (QED) is 0.165. The van der Waals surface area contributed by atoms with E-state index >= 15 is 0 Å². The van der Waals surface area contributed by atoms with Crippen molar-refractivity contribution in [2.24, 2.45) is 0 Å². The first-order chi connectivity index (χ1) is 15.3. The highest BCUT2D eigenvalue weighted by atomic mass is 79.9. The van der Waals surface area contributed by atoms with Gasteiger partial charge in [-0.3, -0.25) is 10.1 Å². The molecule has 2 aromatic rings. The van der Waals surface area contributed by atoms with Crippen LogP contribution < -0.4 is 5.32 Å². The molecule has 4 nitrogen and oxygen atoms in total. The lowest BCUT2D eigenvalue weighted by molar-refractivity contribution is -0.137. The summed E-state index contributed by atoms with van der Waals surface area (Å²) < 4.78 is 66.3. The topological polar surface area (TPSA) is 62.2 Å². The predicted molar refractivity (Wildman–Crippen MR) is 122 cm³/mol. The number of alkyl halides is 4. The fourth-order valence-corrected chi connectivity index (χ4v) is 3.78. The number of rotatable bonds is 7. The Kier molecular flexibility index (Phi) is 9.10. The smallest absolute Gasteiger partial charge is 0.386 e. The van der Waals surface area contributed by atoms with E-state index in [2.05, 4.69) is 26.2 Å². The molecule has 2 atom stereocenters. The van der Waals surface area contributed by atoms with Crippen LogP contribution in [-0.4, -0.2) is 20.8 Å². The van der Waals surface area contributed by atoms with Crippen LogP contribution in [0, 0.1) is 0 Å². The minimum absolute atomic E-state index is 0.0368. The average molecular weight is 551 g/mol. The van der Waals surface area contributed by atoms with Gasteiger partial charge in [-0.15, -0.1) is 0 Å². The Morgan fingerprint density at radius 2 is 1.94 bits per heavy atom. The third kappa shape index (κ3) is 7.31. The molecule has 1 aromatic heterocycles. The van der Waals surface area contributed by atoms with Gasteiger partial charge < -0.3 is 5.11 Å². The van der Waals surface area contributed by atoms with Crippen LogP contribution >= 0.6 is 27.3 Å². The van der Waals surface area contributed by atoms with E-state index in [1.807, 2.05) is 0 Å². The van der Waals surface area contributed by atoms with E-state index < -0.39 is 40.2 Å². The molecule has 0 saturated carbocycles. The van der Waals surface area contributed by atoms with Gasteiger partial charge in [0.2, 0.25) is 0 Å². The predicted octanol–water partition coefficient (Wildman–Crippen LogP) is 7.26. The third-order valence-corrected chi connectivity index (χ3v) is 5.84. The van der Waals surface area contributed by atoms with Gasteiger partial charge >= 0.3 is 6.18 Å².